The molecule has 39 heavy (non-hydrogen) atoms. The van der Waals surface area contributed by atoms with E-state index in [0.717, 1.165) is 31.7 Å². The first-order valence-electron chi connectivity index (χ1n) is 12.7. The van der Waals surface area contributed by atoms with Gasteiger partial charge in [0, 0.05) is 23.0 Å². The lowest BCUT2D eigenvalue weighted by atomic mass is 10.0. The summed E-state index contributed by atoms with van der Waals surface area (Å²) in [5.74, 6) is -0.782. The van der Waals surface area contributed by atoms with E-state index in [4.69, 9.17) is 0 Å². The van der Waals surface area contributed by atoms with Crippen molar-refractivity contribution in [2.45, 2.75) is 52.2 Å². The van der Waals surface area contributed by atoms with Gasteiger partial charge in [-0.25, -0.2) is 8.42 Å². The average Bonchev–Trinajstić information content (AvgIpc) is 2.86. The van der Waals surface area contributed by atoms with Gasteiger partial charge in [0.1, 0.15) is 12.6 Å². The molecule has 0 radical (unpaired) electrons. The Labute approximate surface area is 240 Å². The first-order valence-corrected chi connectivity index (χ1v) is 15.3. The Morgan fingerprint density at radius 3 is 2.00 bits per heavy atom. The minimum Gasteiger partial charge on any atom is -0.350 e. The van der Waals surface area contributed by atoms with E-state index in [1.165, 1.54) is 4.90 Å². The predicted molar refractivity (Wildman–Crippen MR) is 160 cm³/mol. The summed E-state index contributed by atoms with van der Waals surface area (Å²) < 4.78 is 27.7. The van der Waals surface area contributed by atoms with E-state index in [2.05, 4.69) is 21.2 Å². The largest absolute Gasteiger partial charge is 0.350 e. The quantitative estimate of drug-likeness (QED) is 0.345. The summed E-state index contributed by atoms with van der Waals surface area (Å²) in [6.45, 7) is 7.20. The number of hydrogen-bond acceptors (Lipinski definition) is 4. The SMILES string of the molecule is Cc1cc(N(CC(=O)N(Cc2ccccc2)[C@@H](Cc2ccccc2)C(=O)NC(C)(C)C)S(C)(=O)=O)ccc1Br. The van der Waals surface area contributed by atoms with E-state index in [-0.39, 0.29) is 18.9 Å². The van der Waals surface area contributed by atoms with Crippen molar-refractivity contribution in [3.8, 4) is 0 Å². The summed E-state index contributed by atoms with van der Waals surface area (Å²) >= 11 is 3.44. The van der Waals surface area contributed by atoms with E-state index >= 15 is 0 Å². The Morgan fingerprint density at radius 2 is 1.49 bits per heavy atom. The number of nitrogens with one attached hydrogen (secondary N) is 1. The Kier molecular flexibility index (Phi) is 9.96. The summed E-state index contributed by atoms with van der Waals surface area (Å²) in [5.41, 5.74) is 2.41. The molecule has 208 valence electrons. The monoisotopic (exact) mass is 613 g/mol. The number of nitrogens with zero attached hydrogens (tertiary/aromatic N) is 2. The zero-order valence-corrected chi connectivity index (χ0v) is 25.4. The highest BCUT2D eigenvalue weighted by Crippen LogP contribution is 2.25. The molecule has 2 amide bonds. The highest BCUT2D eigenvalue weighted by Gasteiger charge is 2.34. The smallest absolute Gasteiger partial charge is 0.244 e. The molecule has 0 aliphatic rings. The van der Waals surface area contributed by atoms with Crippen LogP contribution in [-0.2, 0) is 32.6 Å². The number of anilines is 1. The molecular weight excluding hydrogens is 578 g/mol. The molecule has 3 aromatic rings. The van der Waals surface area contributed by atoms with Gasteiger partial charge in [0.05, 0.1) is 11.9 Å². The maximum Gasteiger partial charge on any atom is 0.244 e. The fraction of sp³-hybridized carbons (Fsp3) is 0.333. The summed E-state index contributed by atoms with van der Waals surface area (Å²) in [7, 11) is -3.81. The number of sulfonamides is 1. The van der Waals surface area contributed by atoms with Crippen LogP contribution in [0, 0.1) is 6.92 Å². The lowest BCUT2D eigenvalue weighted by Gasteiger charge is -2.35. The van der Waals surface area contributed by atoms with Crippen LogP contribution in [0.15, 0.2) is 83.3 Å². The zero-order chi connectivity index (χ0) is 28.8. The lowest BCUT2D eigenvalue weighted by Crippen LogP contribution is -2.56. The molecule has 0 saturated carbocycles. The first kappa shape index (κ1) is 30.4. The second kappa shape index (κ2) is 12.8. The Hall–Kier alpha value is -3.17. The number of hydrogen-bond donors (Lipinski definition) is 1. The second-order valence-corrected chi connectivity index (χ2v) is 13.4. The van der Waals surface area contributed by atoms with E-state index in [0.29, 0.717) is 5.69 Å². The standard InChI is InChI=1S/C30H36BrN3O4S/c1-22-18-25(16-17-26(22)31)34(39(5,37)38)21-28(35)33(20-24-14-10-7-11-15-24)27(29(36)32-30(2,3)4)19-23-12-8-6-9-13-23/h6-18,27H,19-21H2,1-5H3,(H,32,36)/t27-/m0/s1. The van der Waals surface area contributed by atoms with Gasteiger partial charge in [-0.15, -0.1) is 0 Å². The normalized spacial score (nSPS) is 12.5. The molecule has 0 aromatic heterocycles. The van der Waals surface area contributed by atoms with E-state index in [9.17, 15) is 18.0 Å². The van der Waals surface area contributed by atoms with Gasteiger partial charge in [0.15, 0.2) is 0 Å². The molecule has 1 atom stereocenters. The molecule has 7 nitrogen and oxygen atoms in total. The van der Waals surface area contributed by atoms with Crippen molar-refractivity contribution in [3.63, 3.8) is 0 Å². The van der Waals surface area contributed by atoms with E-state index in [1.807, 2.05) is 88.4 Å². The van der Waals surface area contributed by atoms with Gasteiger partial charge in [0.2, 0.25) is 21.8 Å². The molecule has 0 heterocycles. The van der Waals surface area contributed by atoms with Crippen LogP contribution >= 0.6 is 15.9 Å². The third-order valence-electron chi connectivity index (χ3n) is 6.07. The molecule has 3 rings (SSSR count). The number of rotatable bonds is 10. The average molecular weight is 615 g/mol. The molecule has 0 saturated heterocycles. The molecule has 0 spiro atoms. The summed E-state index contributed by atoms with van der Waals surface area (Å²) in [4.78, 5) is 29.2. The topological polar surface area (TPSA) is 86.8 Å². The van der Waals surface area contributed by atoms with Crippen molar-refractivity contribution in [2.75, 3.05) is 17.1 Å². The number of carbonyl (C=O) groups excluding carboxylic acids is 2. The van der Waals surface area contributed by atoms with Crippen molar-refractivity contribution in [2.24, 2.45) is 0 Å². The van der Waals surface area contributed by atoms with Crippen LogP contribution in [0.1, 0.15) is 37.5 Å². The lowest BCUT2D eigenvalue weighted by molar-refractivity contribution is -0.140. The fourth-order valence-electron chi connectivity index (χ4n) is 4.18. The molecule has 0 aliphatic carbocycles. The van der Waals surface area contributed by atoms with Crippen LogP contribution in [0.2, 0.25) is 0 Å². The number of aryl methyl sites for hydroxylation is 1. The van der Waals surface area contributed by atoms with Crippen LogP contribution in [0.4, 0.5) is 5.69 Å². The van der Waals surface area contributed by atoms with Crippen molar-refractivity contribution >= 4 is 43.5 Å². The van der Waals surface area contributed by atoms with Crippen molar-refractivity contribution in [3.05, 3.63) is 100 Å². The summed E-state index contributed by atoms with van der Waals surface area (Å²) in [6.07, 6.45) is 1.35. The van der Waals surface area contributed by atoms with Gasteiger partial charge in [-0.05, 0) is 62.6 Å². The van der Waals surface area contributed by atoms with Gasteiger partial charge < -0.3 is 10.2 Å². The van der Waals surface area contributed by atoms with Gasteiger partial charge >= 0.3 is 0 Å². The molecule has 0 unspecified atom stereocenters. The third-order valence-corrected chi connectivity index (χ3v) is 8.10. The molecule has 0 aliphatic heterocycles. The Morgan fingerprint density at radius 1 is 0.923 bits per heavy atom. The van der Waals surface area contributed by atoms with Crippen LogP contribution < -0.4 is 9.62 Å². The van der Waals surface area contributed by atoms with Gasteiger partial charge in [0.25, 0.3) is 0 Å². The highest BCUT2D eigenvalue weighted by atomic mass is 79.9. The van der Waals surface area contributed by atoms with Crippen LogP contribution in [0.3, 0.4) is 0 Å². The zero-order valence-electron chi connectivity index (χ0n) is 23.0. The van der Waals surface area contributed by atoms with Crippen LogP contribution in [0.5, 0.6) is 0 Å². The fourth-order valence-corrected chi connectivity index (χ4v) is 5.27. The summed E-state index contributed by atoms with van der Waals surface area (Å²) in [5, 5.41) is 3.02. The molecule has 0 bridgehead atoms. The van der Waals surface area contributed by atoms with Crippen molar-refractivity contribution in [1.29, 1.82) is 0 Å². The van der Waals surface area contributed by atoms with Gasteiger partial charge in [-0.2, -0.15) is 0 Å². The maximum absolute atomic E-state index is 14.1. The number of carbonyl (C=O) groups is 2. The van der Waals surface area contributed by atoms with Crippen molar-refractivity contribution < 1.29 is 18.0 Å². The van der Waals surface area contributed by atoms with Crippen LogP contribution in [-0.4, -0.2) is 49.5 Å². The third kappa shape index (κ3) is 8.93. The molecule has 1 N–H and O–H groups in total. The van der Waals surface area contributed by atoms with Crippen molar-refractivity contribution in [1.82, 2.24) is 10.2 Å². The number of amides is 2. The Balaban J connectivity index is 2.06. The predicted octanol–water partition coefficient (Wildman–Crippen LogP) is 5.08. The van der Waals surface area contributed by atoms with Gasteiger partial charge in [-0.3, -0.25) is 13.9 Å². The first-order chi connectivity index (χ1) is 18.2. The molecule has 3 aromatic carbocycles. The van der Waals surface area contributed by atoms with Gasteiger partial charge in [-0.1, -0.05) is 76.6 Å². The van der Waals surface area contributed by atoms with E-state index < -0.39 is 34.1 Å². The second-order valence-electron chi connectivity index (χ2n) is 10.7. The Bertz CT molecular complexity index is 1390. The minimum atomic E-state index is -3.81. The van der Waals surface area contributed by atoms with E-state index in [1.54, 1.807) is 18.2 Å². The number of halogens is 1. The van der Waals surface area contributed by atoms with Crippen LogP contribution in [0.25, 0.3) is 0 Å². The number of benzene rings is 3. The maximum atomic E-state index is 14.1. The molecule has 0 fully saturated rings. The highest BCUT2D eigenvalue weighted by molar-refractivity contribution is 9.10. The molecular formula is C30H36BrN3O4S. The minimum absolute atomic E-state index is 0.145. The summed E-state index contributed by atoms with van der Waals surface area (Å²) in [6, 6.07) is 23.1. The molecule has 9 heteroatoms.